The fourth-order valence-corrected chi connectivity index (χ4v) is 4.72. The van der Waals surface area contributed by atoms with Crippen LogP contribution in [0.2, 0.25) is 0 Å². The quantitative estimate of drug-likeness (QED) is 0.876. The van der Waals surface area contributed by atoms with E-state index in [1.807, 2.05) is 0 Å². The van der Waals surface area contributed by atoms with Gasteiger partial charge in [-0.05, 0) is 24.5 Å². The van der Waals surface area contributed by atoms with Crippen LogP contribution in [0.4, 0.5) is 0 Å². The minimum Gasteiger partial charge on any atom is -0.332 e. The maximum atomic E-state index is 13.2. The topological polar surface area (TPSA) is 32.1 Å². The molecule has 3 aliphatic rings. The highest BCUT2D eigenvalue weighted by atomic mass is 16.2. The highest BCUT2D eigenvalue weighted by Crippen LogP contribution is 2.65. The zero-order valence-electron chi connectivity index (χ0n) is 14.6. The molecule has 3 heteroatoms. The Morgan fingerprint density at radius 2 is 1.80 bits per heavy atom. The van der Waals surface area contributed by atoms with Crippen LogP contribution < -0.4 is 5.32 Å². The molecule has 0 bridgehead atoms. The van der Waals surface area contributed by atoms with Gasteiger partial charge in [-0.25, -0.2) is 0 Å². The number of aryl methyl sites for hydroxylation is 1. The summed E-state index contributed by atoms with van der Waals surface area (Å²) in [4.78, 5) is 15.3. The third-order valence-electron chi connectivity index (χ3n) is 6.42. The Morgan fingerprint density at radius 1 is 1.04 bits per heavy atom. The lowest BCUT2D eigenvalue weighted by Crippen LogP contribution is -2.29. The van der Waals surface area contributed by atoms with Gasteiger partial charge in [-0.3, -0.25) is 4.79 Å². The summed E-state index contributed by atoms with van der Waals surface area (Å²) in [5.74, 6) is 1.29. The van der Waals surface area contributed by atoms with Crippen molar-refractivity contribution in [1.29, 1.82) is 0 Å². The summed E-state index contributed by atoms with van der Waals surface area (Å²) in [5.41, 5.74) is 4.10. The van der Waals surface area contributed by atoms with Gasteiger partial charge in [-0.15, -0.1) is 0 Å². The Hall–Kier alpha value is -2.13. The van der Waals surface area contributed by atoms with Gasteiger partial charge in [0.1, 0.15) is 0 Å². The molecule has 25 heavy (non-hydrogen) atoms. The predicted octanol–water partition coefficient (Wildman–Crippen LogP) is 3.07. The second kappa shape index (κ2) is 5.43. The number of rotatable bonds is 3. The van der Waals surface area contributed by atoms with Gasteiger partial charge in [0.2, 0.25) is 5.91 Å². The summed E-state index contributed by atoms with van der Waals surface area (Å²) in [6, 6.07) is 19.4. The summed E-state index contributed by atoms with van der Waals surface area (Å²) < 4.78 is 0. The van der Waals surface area contributed by atoms with Crippen LogP contribution in [0.5, 0.6) is 0 Å². The molecule has 4 unspecified atom stereocenters. The Balaban J connectivity index is 1.31. The maximum Gasteiger partial charge on any atom is 0.228 e. The Labute approximate surface area is 149 Å². The first kappa shape index (κ1) is 15.2. The van der Waals surface area contributed by atoms with Crippen molar-refractivity contribution in [1.82, 2.24) is 10.2 Å². The average Bonchev–Trinajstić information content (AvgIpc) is 3.50. The van der Waals surface area contributed by atoms with Gasteiger partial charge in [0.25, 0.3) is 0 Å². The number of benzene rings is 2. The van der Waals surface area contributed by atoms with Crippen molar-refractivity contribution in [3.8, 4) is 0 Å². The average molecular weight is 332 g/mol. The predicted molar refractivity (Wildman–Crippen MR) is 98.5 cm³/mol. The molecule has 0 radical (unpaired) electrons. The molecule has 3 fully saturated rings. The number of hydrogen-bond acceptors (Lipinski definition) is 2. The molecule has 4 atom stereocenters. The minimum absolute atomic E-state index is 0.0825. The Morgan fingerprint density at radius 3 is 2.56 bits per heavy atom. The fourth-order valence-electron chi connectivity index (χ4n) is 4.72. The second-order valence-electron chi connectivity index (χ2n) is 7.98. The van der Waals surface area contributed by atoms with Crippen LogP contribution in [0.25, 0.3) is 0 Å². The molecule has 5 rings (SSSR count). The lowest BCUT2D eigenvalue weighted by Gasteiger charge is -2.19. The molecule has 1 saturated carbocycles. The fraction of sp³-hybridized carbons (Fsp3) is 0.409. The molecule has 2 aromatic rings. The van der Waals surface area contributed by atoms with Crippen LogP contribution >= 0.6 is 0 Å². The van der Waals surface area contributed by atoms with Crippen molar-refractivity contribution in [2.75, 3.05) is 19.6 Å². The molecule has 1 N–H and O–H groups in total. The molecule has 2 heterocycles. The van der Waals surface area contributed by atoms with E-state index in [4.69, 9.17) is 0 Å². The van der Waals surface area contributed by atoms with E-state index in [-0.39, 0.29) is 11.5 Å². The molecule has 2 aliphatic heterocycles. The molecule has 3 nitrogen and oxygen atoms in total. The minimum atomic E-state index is 0.0825. The molecule has 2 saturated heterocycles. The van der Waals surface area contributed by atoms with E-state index in [1.54, 1.807) is 0 Å². The van der Waals surface area contributed by atoms with Gasteiger partial charge < -0.3 is 10.2 Å². The van der Waals surface area contributed by atoms with Gasteiger partial charge in [0.05, 0.1) is 11.5 Å². The molecule has 2 aromatic carbocycles. The van der Waals surface area contributed by atoms with E-state index < -0.39 is 0 Å². The van der Waals surface area contributed by atoms with Gasteiger partial charge in [-0.1, -0.05) is 60.2 Å². The SMILES string of the molecule is Cc1ccc(C2CNCC2C(=O)N2CC23CC3c2ccccc2)cc1. The van der Waals surface area contributed by atoms with Crippen molar-refractivity contribution in [2.24, 2.45) is 5.92 Å². The normalized spacial score (nSPS) is 32.8. The van der Waals surface area contributed by atoms with Gasteiger partial charge >= 0.3 is 0 Å². The third kappa shape index (κ3) is 2.41. The van der Waals surface area contributed by atoms with E-state index in [0.29, 0.717) is 17.7 Å². The number of nitrogens with one attached hydrogen (secondary N) is 1. The van der Waals surface area contributed by atoms with Gasteiger partial charge in [0.15, 0.2) is 0 Å². The monoisotopic (exact) mass is 332 g/mol. The van der Waals surface area contributed by atoms with Crippen LogP contribution in [0, 0.1) is 12.8 Å². The molecule has 1 spiro atoms. The van der Waals surface area contributed by atoms with Crippen LogP contribution in [0.15, 0.2) is 54.6 Å². The van der Waals surface area contributed by atoms with Gasteiger partial charge in [0, 0.05) is 31.5 Å². The van der Waals surface area contributed by atoms with Crippen LogP contribution in [-0.4, -0.2) is 36.0 Å². The molecule has 0 aromatic heterocycles. The highest BCUT2D eigenvalue weighted by molar-refractivity contribution is 5.85. The van der Waals surface area contributed by atoms with Crippen molar-refractivity contribution in [3.63, 3.8) is 0 Å². The lowest BCUT2D eigenvalue weighted by molar-refractivity contribution is -0.130. The van der Waals surface area contributed by atoms with Crippen LogP contribution in [0.3, 0.4) is 0 Å². The zero-order chi connectivity index (χ0) is 17.0. The van der Waals surface area contributed by atoms with Crippen LogP contribution in [0.1, 0.15) is 34.9 Å². The number of carbonyl (C=O) groups excluding carboxylic acids is 1. The summed E-state index contributed by atoms with van der Waals surface area (Å²) in [6.45, 7) is 4.76. The van der Waals surface area contributed by atoms with E-state index in [0.717, 1.165) is 26.1 Å². The first-order chi connectivity index (χ1) is 12.2. The van der Waals surface area contributed by atoms with E-state index in [1.165, 1.54) is 16.7 Å². The first-order valence-corrected chi connectivity index (χ1v) is 9.33. The second-order valence-corrected chi connectivity index (χ2v) is 7.98. The Kier molecular flexibility index (Phi) is 3.29. The first-order valence-electron chi connectivity index (χ1n) is 9.33. The molecule has 128 valence electrons. The van der Waals surface area contributed by atoms with Crippen molar-refractivity contribution in [2.45, 2.75) is 30.7 Å². The lowest BCUT2D eigenvalue weighted by atomic mass is 9.88. The molecule has 1 amide bonds. The van der Waals surface area contributed by atoms with E-state index in [9.17, 15) is 4.79 Å². The van der Waals surface area contributed by atoms with Crippen molar-refractivity contribution in [3.05, 3.63) is 71.3 Å². The van der Waals surface area contributed by atoms with Crippen LogP contribution in [-0.2, 0) is 4.79 Å². The zero-order valence-corrected chi connectivity index (χ0v) is 14.6. The summed E-state index contributed by atoms with van der Waals surface area (Å²) in [6.07, 6.45) is 1.14. The standard InChI is InChI=1S/C22H24N2O/c1-15-7-9-16(10-8-15)18-12-23-13-19(18)21(25)24-14-22(24)11-20(22)17-5-3-2-4-6-17/h2-10,18-20,23H,11-14H2,1H3. The Bertz CT molecular complexity index is 801. The smallest absolute Gasteiger partial charge is 0.228 e. The highest BCUT2D eigenvalue weighted by Gasteiger charge is 2.72. The molecular weight excluding hydrogens is 308 g/mol. The van der Waals surface area contributed by atoms with E-state index >= 15 is 0 Å². The number of hydrogen-bond donors (Lipinski definition) is 1. The molecule has 1 aliphatic carbocycles. The number of nitrogens with zero attached hydrogens (tertiary/aromatic N) is 1. The third-order valence-corrected chi connectivity index (χ3v) is 6.42. The largest absolute Gasteiger partial charge is 0.332 e. The van der Waals surface area contributed by atoms with Gasteiger partial charge in [-0.2, -0.15) is 0 Å². The summed E-state index contributed by atoms with van der Waals surface area (Å²) >= 11 is 0. The van der Waals surface area contributed by atoms with E-state index in [2.05, 4.69) is 71.7 Å². The number of amides is 1. The maximum absolute atomic E-state index is 13.2. The van der Waals surface area contributed by atoms with Crippen molar-refractivity contribution >= 4 is 5.91 Å². The van der Waals surface area contributed by atoms with Crippen molar-refractivity contribution < 1.29 is 4.79 Å². The summed E-state index contributed by atoms with van der Waals surface area (Å²) in [7, 11) is 0. The molecular formula is C22H24N2O. The summed E-state index contributed by atoms with van der Waals surface area (Å²) in [5, 5.41) is 3.44. The number of carbonyl (C=O) groups is 1.